The first-order valence-electron chi connectivity index (χ1n) is 6.61. The Morgan fingerprint density at radius 1 is 1.25 bits per heavy atom. The summed E-state index contributed by atoms with van der Waals surface area (Å²) in [5.41, 5.74) is 8.34. The lowest BCUT2D eigenvalue weighted by Gasteiger charge is -2.11. The number of nitrogens with zero attached hydrogens (tertiary/aromatic N) is 1. The number of nitrogens with two attached hydrogens (primary N) is 1. The Morgan fingerprint density at radius 2 is 2.00 bits per heavy atom. The van der Waals surface area contributed by atoms with Crippen LogP contribution in [0.4, 0.5) is 4.39 Å². The number of halogens is 1. The molecule has 0 aliphatic heterocycles. The van der Waals surface area contributed by atoms with Gasteiger partial charge >= 0.3 is 0 Å². The summed E-state index contributed by atoms with van der Waals surface area (Å²) in [5, 5.41) is 0. The van der Waals surface area contributed by atoms with Gasteiger partial charge in [-0.2, -0.15) is 0 Å². The standard InChI is InChI=1S/C16H19FN2O/c1-10-7-14(4-5-15(10)17)20-16-11(2)6-13(9-19-16)8-12(3)18/h4-7,9,12H,8,18H2,1-3H3. The van der Waals surface area contributed by atoms with Crippen molar-refractivity contribution in [3.63, 3.8) is 0 Å². The van der Waals surface area contributed by atoms with Crippen LogP contribution in [-0.2, 0) is 6.42 Å². The van der Waals surface area contributed by atoms with Crippen LogP contribution in [0.15, 0.2) is 30.5 Å². The molecule has 0 radical (unpaired) electrons. The van der Waals surface area contributed by atoms with E-state index >= 15 is 0 Å². The minimum Gasteiger partial charge on any atom is -0.439 e. The molecule has 0 fully saturated rings. The summed E-state index contributed by atoms with van der Waals surface area (Å²) in [7, 11) is 0. The van der Waals surface area contributed by atoms with Gasteiger partial charge in [0.2, 0.25) is 5.88 Å². The van der Waals surface area contributed by atoms with E-state index in [0.29, 0.717) is 17.2 Å². The molecule has 4 heteroatoms. The van der Waals surface area contributed by atoms with Crippen LogP contribution in [0.5, 0.6) is 11.6 Å². The van der Waals surface area contributed by atoms with Gasteiger partial charge in [-0.1, -0.05) is 0 Å². The van der Waals surface area contributed by atoms with Crippen molar-refractivity contribution in [1.29, 1.82) is 0 Å². The van der Waals surface area contributed by atoms with Gasteiger partial charge in [-0.15, -0.1) is 0 Å². The van der Waals surface area contributed by atoms with Crippen molar-refractivity contribution in [2.75, 3.05) is 0 Å². The van der Waals surface area contributed by atoms with Crippen LogP contribution < -0.4 is 10.5 Å². The van der Waals surface area contributed by atoms with Gasteiger partial charge in [-0.25, -0.2) is 9.37 Å². The number of benzene rings is 1. The quantitative estimate of drug-likeness (QED) is 0.928. The summed E-state index contributed by atoms with van der Waals surface area (Å²) in [6.07, 6.45) is 2.55. The van der Waals surface area contributed by atoms with Crippen molar-refractivity contribution >= 4 is 0 Å². The average molecular weight is 274 g/mol. The predicted octanol–water partition coefficient (Wildman–Crippen LogP) is 3.52. The maximum absolute atomic E-state index is 13.2. The molecular formula is C16H19FN2O. The van der Waals surface area contributed by atoms with E-state index in [1.165, 1.54) is 6.07 Å². The van der Waals surface area contributed by atoms with Crippen molar-refractivity contribution < 1.29 is 9.13 Å². The fraction of sp³-hybridized carbons (Fsp3) is 0.312. The first kappa shape index (κ1) is 14.5. The molecule has 1 aromatic heterocycles. The van der Waals surface area contributed by atoms with Crippen molar-refractivity contribution in [3.05, 3.63) is 53.0 Å². The summed E-state index contributed by atoms with van der Waals surface area (Å²) in [4.78, 5) is 4.31. The molecule has 20 heavy (non-hydrogen) atoms. The zero-order valence-corrected chi connectivity index (χ0v) is 12.0. The Kier molecular flexibility index (Phi) is 4.35. The fourth-order valence-corrected chi connectivity index (χ4v) is 2.00. The van der Waals surface area contributed by atoms with Gasteiger partial charge in [0.15, 0.2) is 0 Å². The predicted molar refractivity (Wildman–Crippen MR) is 77.5 cm³/mol. The molecule has 2 N–H and O–H groups in total. The van der Waals surface area contributed by atoms with Gasteiger partial charge in [0, 0.05) is 17.8 Å². The molecule has 0 aliphatic rings. The van der Waals surface area contributed by atoms with Crippen LogP contribution in [-0.4, -0.2) is 11.0 Å². The number of hydrogen-bond donors (Lipinski definition) is 1. The zero-order valence-electron chi connectivity index (χ0n) is 12.0. The number of rotatable bonds is 4. The van der Waals surface area contributed by atoms with E-state index in [-0.39, 0.29) is 11.9 Å². The Hall–Kier alpha value is -1.94. The Balaban J connectivity index is 2.19. The summed E-state index contributed by atoms with van der Waals surface area (Å²) in [6.45, 7) is 5.60. The van der Waals surface area contributed by atoms with Gasteiger partial charge < -0.3 is 10.5 Å². The highest BCUT2D eigenvalue weighted by atomic mass is 19.1. The maximum Gasteiger partial charge on any atom is 0.222 e. The topological polar surface area (TPSA) is 48.1 Å². The first-order valence-corrected chi connectivity index (χ1v) is 6.61. The van der Waals surface area contributed by atoms with Crippen LogP contribution in [0.1, 0.15) is 23.6 Å². The van der Waals surface area contributed by atoms with E-state index in [4.69, 9.17) is 10.5 Å². The van der Waals surface area contributed by atoms with Crippen molar-refractivity contribution in [3.8, 4) is 11.6 Å². The molecule has 106 valence electrons. The lowest BCUT2D eigenvalue weighted by molar-refractivity contribution is 0.456. The highest BCUT2D eigenvalue weighted by molar-refractivity contribution is 5.35. The van der Waals surface area contributed by atoms with Crippen LogP contribution >= 0.6 is 0 Å². The minimum absolute atomic E-state index is 0.0997. The summed E-state index contributed by atoms with van der Waals surface area (Å²) in [5.74, 6) is 0.873. The van der Waals surface area contributed by atoms with Crippen LogP contribution in [0.3, 0.4) is 0 Å². The van der Waals surface area contributed by atoms with Gasteiger partial charge in [0.25, 0.3) is 0 Å². The van der Waals surface area contributed by atoms with Crippen LogP contribution in [0.25, 0.3) is 0 Å². The van der Waals surface area contributed by atoms with Crippen molar-refractivity contribution in [2.45, 2.75) is 33.2 Å². The highest BCUT2D eigenvalue weighted by Gasteiger charge is 2.07. The number of pyridine rings is 1. The molecule has 1 unspecified atom stereocenters. The monoisotopic (exact) mass is 274 g/mol. The molecule has 0 bridgehead atoms. The molecule has 1 atom stereocenters. The molecule has 1 heterocycles. The van der Waals surface area contributed by atoms with E-state index in [9.17, 15) is 4.39 Å². The third-order valence-electron chi connectivity index (χ3n) is 2.99. The smallest absolute Gasteiger partial charge is 0.222 e. The number of ether oxygens (including phenoxy) is 1. The first-order chi connectivity index (χ1) is 9.45. The van der Waals surface area contributed by atoms with Gasteiger partial charge in [-0.05, 0) is 62.6 Å². The molecule has 0 saturated heterocycles. The molecule has 1 aromatic carbocycles. The Labute approximate surface area is 118 Å². The second-order valence-corrected chi connectivity index (χ2v) is 5.16. The SMILES string of the molecule is Cc1cc(Oc2ncc(CC(C)N)cc2C)ccc1F. The van der Waals surface area contributed by atoms with Gasteiger partial charge in [0.05, 0.1) is 0 Å². The van der Waals surface area contributed by atoms with E-state index in [1.807, 2.05) is 19.9 Å². The van der Waals surface area contributed by atoms with E-state index in [0.717, 1.165) is 17.5 Å². The normalized spacial score (nSPS) is 12.2. The Morgan fingerprint density at radius 3 is 2.60 bits per heavy atom. The van der Waals surface area contributed by atoms with Gasteiger partial charge in [0.1, 0.15) is 11.6 Å². The van der Waals surface area contributed by atoms with Crippen molar-refractivity contribution in [2.24, 2.45) is 5.73 Å². The van der Waals surface area contributed by atoms with E-state index < -0.39 is 0 Å². The molecule has 0 amide bonds. The van der Waals surface area contributed by atoms with E-state index in [2.05, 4.69) is 4.98 Å². The van der Waals surface area contributed by atoms with Crippen molar-refractivity contribution in [1.82, 2.24) is 4.98 Å². The second kappa shape index (κ2) is 6.01. The summed E-state index contributed by atoms with van der Waals surface area (Å²) in [6, 6.07) is 6.76. The lowest BCUT2D eigenvalue weighted by atomic mass is 10.1. The second-order valence-electron chi connectivity index (χ2n) is 5.16. The molecule has 2 aromatic rings. The molecule has 2 rings (SSSR count). The molecule has 0 spiro atoms. The lowest BCUT2D eigenvalue weighted by Crippen LogP contribution is -2.17. The highest BCUT2D eigenvalue weighted by Crippen LogP contribution is 2.25. The third-order valence-corrected chi connectivity index (χ3v) is 2.99. The van der Waals surface area contributed by atoms with E-state index in [1.54, 1.807) is 25.3 Å². The molecule has 3 nitrogen and oxygen atoms in total. The number of aryl methyl sites for hydroxylation is 2. The molecule has 0 saturated carbocycles. The molecular weight excluding hydrogens is 255 g/mol. The zero-order chi connectivity index (χ0) is 14.7. The summed E-state index contributed by atoms with van der Waals surface area (Å²) >= 11 is 0. The maximum atomic E-state index is 13.2. The van der Waals surface area contributed by atoms with Crippen LogP contribution in [0.2, 0.25) is 0 Å². The van der Waals surface area contributed by atoms with Gasteiger partial charge in [-0.3, -0.25) is 0 Å². The largest absolute Gasteiger partial charge is 0.439 e. The summed E-state index contributed by atoms with van der Waals surface area (Å²) < 4.78 is 18.9. The number of aromatic nitrogens is 1. The fourth-order valence-electron chi connectivity index (χ4n) is 2.00. The van der Waals surface area contributed by atoms with Crippen LogP contribution in [0, 0.1) is 19.7 Å². The average Bonchev–Trinajstić information content (AvgIpc) is 2.36. The number of hydrogen-bond acceptors (Lipinski definition) is 3. The minimum atomic E-state index is -0.241. The Bertz CT molecular complexity index is 611. The molecule has 0 aliphatic carbocycles. The third kappa shape index (κ3) is 3.54.